The van der Waals surface area contributed by atoms with E-state index in [0.717, 1.165) is 26.7 Å². The van der Waals surface area contributed by atoms with Crippen LogP contribution in [0.1, 0.15) is 40.0 Å². The van der Waals surface area contributed by atoms with Gasteiger partial charge in [0.05, 0.1) is 70.6 Å². The molecule has 5 aliphatic rings. The summed E-state index contributed by atoms with van der Waals surface area (Å²) in [6, 6.07) is 0. The molecule has 3 fully saturated rings. The SMILES string of the molecule is C/C=C1/[C@H](O[C@@H]2O[C@H](CO)[C@@H](O)[C@H](O)[C@H]2O)OC=C(C(=O)OC)[C@H]1CC(=O)OC[C@H](CO)[C@@H]1C[C@@H](OC(=O)C[C@@H]2C(C(=O)OC)=CO[C@@H](O[C@@H]3O[C@H](CO)[C@@H](O)[C@H](O)[C@H]3O)/C2=C/C)[C@H](C)[C@H]1CO. The van der Waals surface area contributed by atoms with Crippen molar-refractivity contribution in [2.75, 3.05) is 47.3 Å². The Morgan fingerprint density at radius 2 is 1.13 bits per heavy atom. The van der Waals surface area contributed by atoms with Gasteiger partial charge in [-0.05, 0) is 38.0 Å². The predicted octanol–water partition coefficient (Wildman–Crippen LogP) is -3.32. The number of ether oxygens (including phenoxy) is 10. The Kier molecular flexibility index (Phi) is 19.9. The van der Waals surface area contributed by atoms with Gasteiger partial charge in [-0.25, -0.2) is 9.59 Å². The summed E-state index contributed by atoms with van der Waals surface area (Å²) < 4.78 is 55.2. The quantitative estimate of drug-likeness (QED) is 0.0365. The smallest absolute Gasteiger partial charge is 0.337 e. The molecule has 0 spiro atoms. The molecule has 0 unspecified atom stereocenters. The second-order valence-electron chi connectivity index (χ2n) is 17.1. The van der Waals surface area contributed by atoms with Crippen molar-refractivity contribution in [3.63, 3.8) is 0 Å². The number of aliphatic hydroxyl groups is 10. The van der Waals surface area contributed by atoms with Crippen LogP contribution in [0.3, 0.4) is 0 Å². The molecule has 0 bridgehead atoms. The van der Waals surface area contributed by atoms with Crippen molar-refractivity contribution in [2.45, 2.75) is 120 Å². The van der Waals surface area contributed by atoms with Gasteiger partial charge in [-0.15, -0.1) is 0 Å². The summed E-state index contributed by atoms with van der Waals surface area (Å²) in [5.41, 5.74) is 0.187. The van der Waals surface area contributed by atoms with Crippen LogP contribution in [-0.2, 0) is 66.5 Å². The van der Waals surface area contributed by atoms with Gasteiger partial charge in [-0.1, -0.05) is 19.1 Å². The van der Waals surface area contributed by atoms with Crippen molar-refractivity contribution in [3.05, 3.63) is 47.0 Å². The Morgan fingerprint density at radius 3 is 1.53 bits per heavy atom. The van der Waals surface area contributed by atoms with Crippen molar-refractivity contribution in [1.29, 1.82) is 0 Å². The van der Waals surface area contributed by atoms with Gasteiger partial charge in [0.1, 0.15) is 54.9 Å². The Bertz CT molecular complexity index is 1860. The first kappa shape index (κ1) is 54.8. The van der Waals surface area contributed by atoms with E-state index in [1.54, 1.807) is 20.8 Å². The van der Waals surface area contributed by atoms with Crippen molar-refractivity contribution in [2.24, 2.45) is 35.5 Å². The highest BCUT2D eigenvalue weighted by Crippen LogP contribution is 2.44. The largest absolute Gasteiger partial charge is 0.468 e. The topological polar surface area (TPSA) is 363 Å². The Balaban J connectivity index is 1.24. The lowest BCUT2D eigenvalue weighted by molar-refractivity contribution is -0.327. The first-order chi connectivity index (χ1) is 32.4. The number of allylic oxidation sites excluding steroid dienone is 2. The second-order valence-corrected chi connectivity index (χ2v) is 17.1. The molecule has 0 aromatic carbocycles. The van der Waals surface area contributed by atoms with Crippen LogP contribution >= 0.6 is 0 Å². The minimum Gasteiger partial charge on any atom is -0.468 e. The van der Waals surface area contributed by atoms with E-state index in [2.05, 4.69) is 0 Å². The van der Waals surface area contributed by atoms with E-state index in [1.807, 2.05) is 0 Å². The van der Waals surface area contributed by atoms with Gasteiger partial charge >= 0.3 is 23.9 Å². The maximum absolute atomic E-state index is 13.8. The van der Waals surface area contributed by atoms with Gasteiger partial charge in [0.25, 0.3) is 0 Å². The van der Waals surface area contributed by atoms with Crippen LogP contribution in [-0.4, -0.2) is 202 Å². The molecule has 1 aliphatic carbocycles. The maximum atomic E-state index is 13.8. The van der Waals surface area contributed by atoms with Crippen LogP contribution in [0.15, 0.2) is 47.0 Å². The normalized spacial score (nSPS) is 38.9. The van der Waals surface area contributed by atoms with Crippen LogP contribution in [0.4, 0.5) is 0 Å². The van der Waals surface area contributed by atoms with Crippen LogP contribution in [0.2, 0.25) is 0 Å². The summed E-state index contributed by atoms with van der Waals surface area (Å²) in [5, 5.41) is 102. The Hall–Kier alpha value is -4.12. The highest BCUT2D eigenvalue weighted by Gasteiger charge is 2.50. The first-order valence-corrected chi connectivity index (χ1v) is 22.1. The molecule has 0 aromatic rings. The van der Waals surface area contributed by atoms with Crippen molar-refractivity contribution in [3.8, 4) is 0 Å². The molecule has 68 heavy (non-hydrogen) atoms. The first-order valence-electron chi connectivity index (χ1n) is 22.1. The molecule has 10 N–H and O–H groups in total. The molecule has 2 saturated heterocycles. The summed E-state index contributed by atoms with van der Waals surface area (Å²) in [7, 11) is 2.24. The number of hydrogen-bond acceptors (Lipinski definition) is 24. The monoisotopic (exact) mass is 976 g/mol. The molecule has 19 atom stereocenters. The fourth-order valence-corrected chi connectivity index (χ4v) is 9.29. The fraction of sp³-hybridized carbons (Fsp3) is 0.727. The van der Waals surface area contributed by atoms with Gasteiger partial charge < -0.3 is 98.4 Å². The molecule has 0 radical (unpaired) electrons. The van der Waals surface area contributed by atoms with Crippen LogP contribution in [0.5, 0.6) is 0 Å². The number of carbonyl (C=O) groups excluding carboxylic acids is 4. The third-order valence-corrected chi connectivity index (χ3v) is 13.3. The van der Waals surface area contributed by atoms with Crippen LogP contribution in [0, 0.1) is 35.5 Å². The zero-order valence-corrected chi connectivity index (χ0v) is 38.1. The number of rotatable bonds is 18. The van der Waals surface area contributed by atoms with E-state index in [4.69, 9.17) is 47.4 Å². The average Bonchev–Trinajstić information content (AvgIpc) is 3.64. The lowest BCUT2D eigenvalue weighted by Gasteiger charge is -2.42. The summed E-state index contributed by atoms with van der Waals surface area (Å²) in [6.45, 7) is 2.13. The zero-order chi connectivity index (χ0) is 50.1. The molecule has 0 amide bonds. The third kappa shape index (κ3) is 11.9. The van der Waals surface area contributed by atoms with Gasteiger partial charge in [0.2, 0.25) is 12.6 Å². The van der Waals surface area contributed by atoms with Gasteiger partial charge in [-0.3, -0.25) is 9.59 Å². The zero-order valence-electron chi connectivity index (χ0n) is 38.1. The fourth-order valence-electron chi connectivity index (χ4n) is 9.29. The highest BCUT2D eigenvalue weighted by atomic mass is 16.8. The molecule has 384 valence electrons. The van der Waals surface area contributed by atoms with Gasteiger partial charge in [0.15, 0.2) is 12.6 Å². The second kappa shape index (κ2) is 24.6. The number of methoxy groups -OCH3 is 2. The summed E-state index contributed by atoms with van der Waals surface area (Å²) >= 11 is 0. The average molecular weight is 977 g/mol. The van der Waals surface area contributed by atoms with Crippen LogP contribution in [0.25, 0.3) is 0 Å². The van der Waals surface area contributed by atoms with Gasteiger partial charge in [0, 0.05) is 42.1 Å². The Morgan fingerprint density at radius 1 is 0.676 bits per heavy atom. The molecule has 4 heterocycles. The maximum Gasteiger partial charge on any atom is 0.337 e. The van der Waals surface area contributed by atoms with E-state index in [-0.39, 0.29) is 35.3 Å². The summed E-state index contributed by atoms with van der Waals surface area (Å²) in [4.78, 5) is 53.1. The number of aliphatic hydroxyl groups excluding tert-OH is 10. The van der Waals surface area contributed by atoms with E-state index in [1.165, 1.54) is 12.2 Å². The number of esters is 4. The minimum atomic E-state index is -1.79. The summed E-state index contributed by atoms with van der Waals surface area (Å²) in [6.07, 6.45) is -15.8. The van der Waals surface area contributed by atoms with Crippen LogP contribution < -0.4 is 0 Å². The lowest BCUT2D eigenvalue weighted by atomic mass is 9.82. The molecule has 24 heteroatoms. The van der Waals surface area contributed by atoms with E-state index >= 15 is 0 Å². The molecule has 4 aliphatic heterocycles. The number of hydrogen-bond donors (Lipinski definition) is 10. The lowest BCUT2D eigenvalue weighted by Crippen LogP contribution is -2.60. The van der Waals surface area contributed by atoms with Gasteiger partial charge in [-0.2, -0.15) is 0 Å². The molecular weight excluding hydrogens is 912 g/mol. The van der Waals surface area contributed by atoms with Crippen molar-refractivity contribution < 1.29 is 118 Å². The molecule has 0 aromatic heterocycles. The third-order valence-electron chi connectivity index (χ3n) is 13.3. The minimum absolute atomic E-state index is 0.0905. The van der Waals surface area contributed by atoms with E-state index < -0.39 is 179 Å². The van der Waals surface area contributed by atoms with E-state index in [9.17, 15) is 70.2 Å². The molecular formula is C44H64O24. The molecule has 5 rings (SSSR count). The van der Waals surface area contributed by atoms with Crippen molar-refractivity contribution >= 4 is 23.9 Å². The highest BCUT2D eigenvalue weighted by molar-refractivity contribution is 5.91. The predicted molar refractivity (Wildman–Crippen MR) is 223 cm³/mol. The summed E-state index contributed by atoms with van der Waals surface area (Å²) in [5.74, 6) is -7.88. The molecule has 1 saturated carbocycles. The standard InChI is InChI=1S/C44H64O24/c1-6-20-23(26(39(57)59-4)16-62-41(20)67-43-37(55)35(53)33(51)29(13-47)65-43)9-31(49)61-15-19(11-45)22-8-28(18(3)25(22)12-46)64-32(50)10-24-21(7-2)42(63-17-27(24)40(58)60-5)68-44-38(56)36(54)34(52)30(14-48)66-44/h6-7,16-19,22-25,28-30,33-38,41-48,51-56H,8-15H2,1-5H3/b20-6+,21-7+/t18-,19+,22+,23+,24+,25-,28-,29-,30-,33-,34-,35+,36+,37-,38-,41+,42+,43+,44+/m1/s1. The Labute approximate surface area is 390 Å². The number of carbonyl (C=O) groups is 4. The van der Waals surface area contributed by atoms with Crippen molar-refractivity contribution in [1.82, 2.24) is 0 Å². The molecule has 24 nitrogen and oxygen atoms in total. The van der Waals surface area contributed by atoms with E-state index in [0.29, 0.717) is 0 Å².